The normalized spacial score (nSPS) is 18.1. The molecule has 5 nitrogen and oxygen atoms in total. The molecule has 1 heterocycles. The lowest BCUT2D eigenvalue weighted by atomic mass is 10.1. The number of aromatic nitrogens is 2. The Kier molecular flexibility index (Phi) is 2.43. The van der Waals surface area contributed by atoms with Crippen molar-refractivity contribution in [2.45, 2.75) is 12.6 Å². The van der Waals surface area contributed by atoms with Crippen molar-refractivity contribution in [1.82, 2.24) is 9.97 Å². The van der Waals surface area contributed by atoms with Crippen LogP contribution in [0.3, 0.4) is 0 Å². The molecule has 1 aliphatic rings. The molecule has 1 aliphatic carbocycles. The number of carbonyl (C=O) groups is 1. The highest BCUT2D eigenvalue weighted by molar-refractivity contribution is 6.13. The van der Waals surface area contributed by atoms with E-state index in [2.05, 4.69) is 9.97 Å². The minimum Gasteiger partial charge on any atom is -0.392 e. The molecule has 0 bridgehead atoms. The maximum atomic E-state index is 11.5. The largest absolute Gasteiger partial charge is 0.392 e. The van der Waals surface area contributed by atoms with Gasteiger partial charge < -0.3 is 10.8 Å². The lowest BCUT2D eigenvalue weighted by Crippen LogP contribution is -2.43. The Balaban J connectivity index is 2.35. The summed E-state index contributed by atoms with van der Waals surface area (Å²) in [6, 6.07) is 4.69. The summed E-state index contributed by atoms with van der Waals surface area (Å²) in [6.07, 6.45) is 3.03. The van der Waals surface area contributed by atoms with Crippen molar-refractivity contribution in [1.29, 1.82) is 0 Å². The van der Waals surface area contributed by atoms with E-state index in [1.807, 2.05) is 0 Å². The second-order valence-electron chi connectivity index (χ2n) is 4.21. The van der Waals surface area contributed by atoms with Crippen LogP contribution in [0.2, 0.25) is 0 Å². The van der Waals surface area contributed by atoms with E-state index in [1.165, 1.54) is 6.08 Å². The third-order valence-corrected chi connectivity index (χ3v) is 2.91. The minimum atomic E-state index is -0.648. The van der Waals surface area contributed by atoms with Crippen molar-refractivity contribution in [2.24, 2.45) is 5.73 Å². The number of ketones is 1. The molecular weight excluding hydrogens is 230 g/mol. The van der Waals surface area contributed by atoms with Crippen LogP contribution >= 0.6 is 0 Å². The third-order valence-electron chi connectivity index (χ3n) is 2.91. The Morgan fingerprint density at radius 2 is 2.00 bits per heavy atom. The zero-order valence-corrected chi connectivity index (χ0v) is 9.50. The molecule has 18 heavy (non-hydrogen) atoms. The Hall–Kier alpha value is -2.11. The highest BCUT2D eigenvalue weighted by Crippen LogP contribution is 2.09. The minimum absolute atomic E-state index is 0.0391. The van der Waals surface area contributed by atoms with Crippen molar-refractivity contribution >= 4 is 29.0 Å². The molecule has 1 atom stereocenters. The highest BCUT2D eigenvalue weighted by Gasteiger charge is 2.13. The van der Waals surface area contributed by atoms with Gasteiger partial charge in [0.15, 0.2) is 5.78 Å². The first-order chi connectivity index (χ1) is 8.67. The predicted octanol–water partition coefficient (Wildman–Crippen LogP) is -1.41. The van der Waals surface area contributed by atoms with Crippen LogP contribution in [0.1, 0.15) is 5.56 Å². The lowest BCUT2D eigenvalue weighted by molar-refractivity contribution is -0.113. The van der Waals surface area contributed by atoms with E-state index in [-0.39, 0.29) is 12.4 Å². The Labute approximate surface area is 102 Å². The number of benzene rings is 1. The topological polar surface area (TPSA) is 89.1 Å². The maximum absolute atomic E-state index is 11.5. The number of hydrogen-bond donors (Lipinski definition) is 2. The smallest absolute Gasteiger partial charge is 0.178 e. The van der Waals surface area contributed by atoms with E-state index < -0.39 is 6.04 Å². The fourth-order valence-corrected chi connectivity index (χ4v) is 1.94. The van der Waals surface area contributed by atoms with Gasteiger partial charge >= 0.3 is 0 Å². The Bertz CT molecular complexity index is 768. The fourth-order valence-electron chi connectivity index (χ4n) is 1.94. The molecule has 90 valence electrons. The summed E-state index contributed by atoms with van der Waals surface area (Å²) in [5.74, 6) is -0.164. The first-order valence-corrected chi connectivity index (χ1v) is 5.58. The van der Waals surface area contributed by atoms with Crippen molar-refractivity contribution in [3.63, 3.8) is 0 Å². The van der Waals surface area contributed by atoms with Gasteiger partial charge in [-0.2, -0.15) is 0 Å². The summed E-state index contributed by atoms with van der Waals surface area (Å²) in [4.78, 5) is 20.3. The molecule has 1 aromatic heterocycles. The number of nitrogens with two attached hydrogens (primary N) is 1. The number of hydrogen-bond acceptors (Lipinski definition) is 5. The molecule has 0 saturated heterocycles. The Morgan fingerprint density at radius 3 is 2.78 bits per heavy atom. The number of aliphatic hydroxyl groups is 1. The lowest BCUT2D eigenvalue weighted by Gasteiger charge is -2.07. The molecule has 0 spiro atoms. The number of nitrogens with zero attached hydrogens (tertiary/aromatic N) is 2. The van der Waals surface area contributed by atoms with Gasteiger partial charge in [-0.1, -0.05) is 6.07 Å². The molecule has 0 aliphatic heterocycles. The van der Waals surface area contributed by atoms with E-state index in [1.54, 1.807) is 24.3 Å². The number of Topliss-reactive ketones (excluding diaryl/α,β-unsaturated/α-hetero) is 1. The second-order valence-corrected chi connectivity index (χ2v) is 4.21. The summed E-state index contributed by atoms with van der Waals surface area (Å²) in [7, 11) is 0. The van der Waals surface area contributed by atoms with E-state index in [4.69, 9.17) is 10.8 Å². The number of aliphatic hydroxyl groups excluding tert-OH is 1. The molecule has 0 fully saturated rings. The van der Waals surface area contributed by atoms with Crippen LogP contribution in [0.4, 0.5) is 0 Å². The standard InChI is InChI=1S/C13H11N3O2/c14-8-4-11-12(5-13(8)18)15-9-2-1-7(6-17)3-10(9)16-11/h1-5,8,17H,6,14H2. The quantitative estimate of drug-likeness (QED) is 0.640. The van der Waals surface area contributed by atoms with Gasteiger partial charge in [-0.25, -0.2) is 9.97 Å². The van der Waals surface area contributed by atoms with E-state index >= 15 is 0 Å². The predicted molar refractivity (Wildman–Crippen MR) is 66.6 cm³/mol. The zero-order valence-electron chi connectivity index (χ0n) is 9.50. The molecule has 3 rings (SSSR count). The van der Waals surface area contributed by atoms with Gasteiger partial charge in [0.25, 0.3) is 0 Å². The van der Waals surface area contributed by atoms with Gasteiger partial charge in [0, 0.05) is 6.08 Å². The first kappa shape index (κ1) is 11.0. The third kappa shape index (κ3) is 1.70. The van der Waals surface area contributed by atoms with Crippen LogP contribution in [0, 0.1) is 0 Å². The van der Waals surface area contributed by atoms with Crippen LogP contribution in [0.5, 0.6) is 0 Å². The van der Waals surface area contributed by atoms with Crippen LogP contribution in [0.15, 0.2) is 18.2 Å². The van der Waals surface area contributed by atoms with Crippen molar-refractivity contribution in [3.05, 3.63) is 34.5 Å². The van der Waals surface area contributed by atoms with Gasteiger partial charge in [-0.15, -0.1) is 0 Å². The van der Waals surface area contributed by atoms with Crippen LogP contribution < -0.4 is 16.4 Å². The van der Waals surface area contributed by atoms with E-state index in [9.17, 15) is 4.79 Å². The second kappa shape index (κ2) is 3.97. The molecule has 0 saturated carbocycles. The molecule has 0 amide bonds. The summed E-state index contributed by atoms with van der Waals surface area (Å²) < 4.78 is 0. The average Bonchev–Trinajstić information content (AvgIpc) is 2.37. The fraction of sp³-hybridized carbons (Fsp3) is 0.154. The van der Waals surface area contributed by atoms with E-state index in [0.29, 0.717) is 21.7 Å². The molecule has 3 N–H and O–H groups in total. The van der Waals surface area contributed by atoms with Crippen LogP contribution in [-0.2, 0) is 11.4 Å². The van der Waals surface area contributed by atoms with E-state index in [0.717, 1.165) is 5.56 Å². The van der Waals surface area contributed by atoms with Gasteiger partial charge in [0.1, 0.15) is 0 Å². The SMILES string of the molecule is NC1C=c2nc3cc(CO)ccc3nc2=CC1=O. The number of carbonyl (C=O) groups excluding carboxylic acids is 1. The maximum Gasteiger partial charge on any atom is 0.178 e. The average molecular weight is 241 g/mol. The van der Waals surface area contributed by atoms with Gasteiger partial charge in [0.2, 0.25) is 0 Å². The van der Waals surface area contributed by atoms with Crippen LogP contribution in [-0.4, -0.2) is 26.9 Å². The summed E-state index contributed by atoms with van der Waals surface area (Å²) in [6.45, 7) is -0.0391. The first-order valence-electron chi connectivity index (χ1n) is 5.58. The number of rotatable bonds is 1. The summed E-state index contributed by atoms with van der Waals surface area (Å²) in [5, 5.41) is 10.2. The number of fused-ring (bicyclic) bond motifs is 2. The monoisotopic (exact) mass is 241 g/mol. The van der Waals surface area contributed by atoms with Gasteiger partial charge in [-0.05, 0) is 23.8 Å². The summed E-state index contributed by atoms with van der Waals surface area (Å²) in [5.41, 5.74) is 7.80. The van der Waals surface area contributed by atoms with Crippen LogP contribution in [0.25, 0.3) is 23.2 Å². The molecule has 1 aromatic carbocycles. The van der Waals surface area contributed by atoms with Gasteiger partial charge in [-0.3, -0.25) is 4.79 Å². The summed E-state index contributed by atoms with van der Waals surface area (Å²) >= 11 is 0. The van der Waals surface area contributed by atoms with Crippen molar-refractivity contribution < 1.29 is 9.90 Å². The molecule has 2 aromatic rings. The zero-order chi connectivity index (χ0) is 12.7. The highest BCUT2D eigenvalue weighted by atomic mass is 16.3. The van der Waals surface area contributed by atoms with Crippen molar-refractivity contribution in [2.75, 3.05) is 0 Å². The molecule has 0 radical (unpaired) electrons. The molecule has 1 unspecified atom stereocenters. The Morgan fingerprint density at radius 1 is 1.22 bits per heavy atom. The van der Waals surface area contributed by atoms with Crippen molar-refractivity contribution in [3.8, 4) is 0 Å². The molecule has 5 heteroatoms. The van der Waals surface area contributed by atoms with Gasteiger partial charge in [0.05, 0.1) is 34.4 Å². The molecular formula is C13H11N3O2.